The maximum atomic E-state index is 6.16. The van der Waals surface area contributed by atoms with Crippen LogP contribution in [0.25, 0.3) is 0 Å². The Hall–Kier alpha value is -0.0400. The number of hydrogen-bond donors (Lipinski definition) is 0. The molecule has 1 nitrogen and oxygen atoms in total. The minimum absolute atomic E-state index is 0.503. The number of ether oxygens (including phenoxy) is 1. The van der Waals surface area contributed by atoms with Crippen molar-refractivity contribution in [3.05, 3.63) is 0 Å². The first-order valence-electron chi connectivity index (χ1n) is 9.43. The van der Waals surface area contributed by atoms with Crippen LogP contribution in [0.5, 0.6) is 0 Å². The third-order valence-electron chi connectivity index (χ3n) is 6.48. The summed E-state index contributed by atoms with van der Waals surface area (Å²) in [5.74, 6) is 4.08. The van der Waals surface area contributed by atoms with Crippen LogP contribution in [-0.2, 0) is 4.74 Å². The van der Waals surface area contributed by atoms with Crippen molar-refractivity contribution in [3.63, 3.8) is 0 Å². The highest BCUT2D eigenvalue weighted by atomic mass is 16.5. The van der Waals surface area contributed by atoms with Crippen molar-refractivity contribution in [3.8, 4) is 0 Å². The average Bonchev–Trinajstić information content (AvgIpc) is 2.49. The summed E-state index contributed by atoms with van der Waals surface area (Å²) in [6.45, 7) is 3.34. The molecule has 0 saturated heterocycles. The molecule has 2 atom stereocenters. The Morgan fingerprint density at radius 3 is 2.35 bits per heavy atom. The molecular formula is C19H34O. The fourth-order valence-corrected chi connectivity index (χ4v) is 5.21. The highest BCUT2D eigenvalue weighted by Gasteiger charge is 2.35. The van der Waals surface area contributed by atoms with Crippen LogP contribution >= 0.6 is 0 Å². The second-order valence-electron chi connectivity index (χ2n) is 7.99. The number of rotatable bonds is 6. The fraction of sp³-hybridized carbons (Fsp3) is 1.00. The van der Waals surface area contributed by atoms with Crippen molar-refractivity contribution in [2.24, 2.45) is 23.7 Å². The van der Waals surface area contributed by atoms with E-state index in [0.29, 0.717) is 6.10 Å². The van der Waals surface area contributed by atoms with Gasteiger partial charge in [-0.05, 0) is 62.7 Å². The predicted octanol–water partition coefficient (Wildman–Crippen LogP) is 5.58. The molecule has 4 aliphatic carbocycles. The van der Waals surface area contributed by atoms with Crippen molar-refractivity contribution in [2.75, 3.05) is 6.61 Å². The van der Waals surface area contributed by atoms with Crippen LogP contribution in [0, 0.1) is 23.7 Å². The summed E-state index contributed by atoms with van der Waals surface area (Å²) in [6.07, 6.45) is 18.1. The summed E-state index contributed by atoms with van der Waals surface area (Å²) < 4.78 is 6.16. The van der Waals surface area contributed by atoms with Gasteiger partial charge in [0.2, 0.25) is 0 Å². The van der Waals surface area contributed by atoms with Crippen LogP contribution in [-0.4, -0.2) is 12.7 Å². The first-order valence-corrected chi connectivity index (χ1v) is 9.43. The highest BCUT2D eigenvalue weighted by Crippen LogP contribution is 2.46. The molecule has 0 radical (unpaired) electrons. The van der Waals surface area contributed by atoms with Crippen LogP contribution in [0.2, 0.25) is 0 Å². The molecule has 20 heavy (non-hydrogen) atoms. The van der Waals surface area contributed by atoms with Crippen LogP contribution in [0.15, 0.2) is 0 Å². The Bertz CT molecular complexity index is 273. The van der Waals surface area contributed by atoms with Gasteiger partial charge < -0.3 is 4.74 Å². The summed E-state index contributed by atoms with van der Waals surface area (Å²) in [7, 11) is 0. The van der Waals surface area contributed by atoms with Crippen LogP contribution in [0.1, 0.15) is 84.0 Å². The maximum Gasteiger partial charge on any atom is 0.0549 e. The van der Waals surface area contributed by atoms with Gasteiger partial charge in [0.25, 0.3) is 0 Å². The van der Waals surface area contributed by atoms with Gasteiger partial charge in [0, 0.05) is 6.61 Å². The molecule has 0 amide bonds. The molecule has 0 heterocycles. The monoisotopic (exact) mass is 278 g/mol. The van der Waals surface area contributed by atoms with Gasteiger partial charge >= 0.3 is 0 Å². The molecule has 2 unspecified atom stereocenters. The third kappa shape index (κ3) is 4.00. The molecule has 116 valence electrons. The van der Waals surface area contributed by atoms with E-state index in [0.717, 1.165) is 30.3 Å². The lowest BCUT2D eigenvalue weighted by atomic mass is 9.63. The molecule has 2 bridgehead atoms. The molecule has 4 fully saturated rings. The van der Waals surface area contributed by atoms with E-state index >= 15 is 0 Å². The smallest absolute Gasteiger partial charge is 0.0549 e. The van der Waals surface area contributed by atoms with Crippen molar-refractivity contribution in [1.29, 1.82) is 0 Å². The van der Waals surface area contributed by atoms with E-state index in [1.807, 2.05) is 0 Å². The molecule has 1 heteroatoms. The normalized spacial score (nSPS) is 36.1. The van der Waals surface area contributed by atoms with Gasteiger partial charge in [-0.15, -0.1) is 0 Å². The van der Waals surface area contributed by atoms with Gasteiger partial charge in [0.15, 0.2) is 0 Å². The van der Waals surface area contributed by atoms with Crippen molar-refractivity contribution < 1.29 is 4.74 Å². The Labute approximate surface area is 125 Å². The van der Waals surface area contributed by atoms with Crippen molar-refractivity contribution in [2.45, 2.75) is 90.1 Å². The lowest BCUT2D eigenvalue weighted by Gasteiger charge is -2.43. The average molecular weight is 278 g/mol. The molecule has 0 aromatic heterocycles. The summed E-state index contributed by atoms with van der Waals surface area (Å²) in [6, 6.07) is 0. The number of fused-ring (bicyclic) bond motifs is 3. The SMILES string of the molecule is CC(CC1CC2CCC1CC2)OCCC1CCCCC1. The van der Waals surface area contributed by atoms with E-state index in [1.165, 1.54) is 77.0 Å². The minimum Gasteiger partial charge on any atom is -0.378 e. The Kier molecular flexibility index (Phi) is 5.42. The van der Waals surface area contributed by atoms with Gasteiger partial charge in [0.05, 0.1) is 6.10 Å². The zero-order valence-electron chi connectivity index (χ0n) is 13.5. The fourth-order valence-electron chi connectivity index (χ4n) is 5.21. The topological polar surface area (TPSA) is 9.23 Å². The van der Waals surface area contributed by atoms with Gasteiger partial charge in [-0.25, -0.2) is 0 Å². The Morgan fingerprint density at radius 2 is 1.70 bits per heavy atom. The lowest BCUT2D eigenvalue weighted by molar-refractivity contribution is 0.00619. The molecule has 0 spiro atoms. The van der Waals surface area contributed by atoms with Gasteiger partial charge in [0.1, 0.15) is 0 Å². The van der Waals surface area contributed by atoms with Crippen LogP contribution in [0.3, 0.4) is 0 Å². The van der Waals surface area contributed by atoms with E-state index in [4.69, 9.17) is 4.74 Å². The minimum atomic E-state index is 0.503. The summed E-state index contributed by atoms with van der Waals surface area (Å²) >= 11 is 0. The van der Waals surface area contributed by atoms with Gasteiger partial charge in [-0.2, -0.15) is 0 Å². The lowest BCUT2D eigenvalue weighted by Crippen LogP contribution is -2.33. The van der Waals surface area contributed by atoms with E-state index < -0.39 is 0 Å². The van der Waals surface area contributed by atoms with E-state index in [2.05, 4.69) is 6.92 Å². The standard InChI is InChI=1S/C19H34O/c1-15(20-12-11-16-5-3-2-4-6-16)13-19-14-17-7-9-18(19)10-8-17/h15-19H,2-14H2,1H3. The molecule has 0 aromatic rings. The van der Waals surface area contributed by atoms with Gasteiger partial charge in [-0.1, -0.05) is 44.9 Å². The molecule has 4 saturated carbocycles. The molecule has 0 N–H and O–H groups in total. The zero-order chi connectivity index (χ0) is 13.8. The third-order valence-corrected chi connectivity index (χ3v) is 6.48. The van der Waals surface area contributed by atoms with E-state index in [9.17, 15) is 0 Å². The van der Waals surface area contributed by atoms with E-state index in [-0.39, 0.29) is 0 Å². The van der Waals surface area contributed by atoms with Crippen LogP contribution < -0.4 is 0 Å². The molecule has 0 aromatic carbocycles. The van der Waals surface area contributed by atoms with E-state index in [1.54, 1.807) is 0 Å². The first kappa shape index (κ1) is 14.9. The quantitative estimate of drug-likeness (QED) is 0.616. The number of hydrogen-bond acceptors (Lipinski definition) is 1. The second kappa shape index (κ2) is 7.29. The van der Waals surface area contributed by atoms with Crippen molar-refractivity contribution in [1.82, 2.24) is 0 Å². The predicted molar refractivity (Wildman–Crippen MR) is 84.8 cm³/mol. The molecular weight excluding hydrogens is 244 g/mol. The first-order chi connectivity index (χ1) is 9.81. The summed E-state index contributed by atoms with van der Waals surface area (Å²) in [4.78, 5) is 0. The summed E-state index contributed by atoms with van der Waals surface area (Å²) in [5, 5.41) is 0. The largest absolute Gasteiger partial charge is 0.378 e. The van der Waals surface area contributed by atoms with Crippen LogP contribution in [0.4, 0.5) is 0 Å². The highest BCUT2D eigenvalue weighted by molar-refractivity contribution is 4.87. The van der Waals surface area contributed by atoms with Gasteiger partial charge in [-0.3, -0.25) is 0 Å². The molecule has 4 rings (SSSR count). The molecule has 0 aliphatic heterocycles. The maximum absolute atomic E-state index is 6.16. The molecule has 4 aliphatic rings. The Balaban J connectivity index is 1.32. The second-order valence-corrected chi connectivity index (χ2v) is 7.99. The summed E-state index contributed by atoms with van der Waals surface area (Å²) in [5.41, 5.74) is 0. The Morgan fingerprint density at radius 1 is 0.950 bits per heavy atom. The van der Waals surface area contributed by atoms with Crippen molar-refractivity contribution >= 4 is 0 Å². The zero-order valence-corrected chi connectivity index (χ0v) is 13.5.